The molecule has 0 N–H and O–H groups in total. The summed E-state index contributed by atoms with van der Waals surface area (Å²) in [6, 6.07) is 2.79. The summed E-state index contributed by atoms with van der Waals surface area (Å²) >= 11 is 5.21. The first kappa shape index (κ1) is 42.7. The van der Waals surface area contributed by atoms with Crippen molar-refractivity contribution in [2.75, 3.05) is 0 Å². The zero-order valence-corrected chi connectivity index (χ0v) is 41.6. The van der Waals surface area contributed by atoms with Gasteiger partial charge in [-0.1, -0.05) is 83.5 Å². The van der Waals surface area contributed by atoms with Crippen LogP contribution in [0, 0.1) is 94.7 Å². The highest BCUT2D eigenvalue weighted by atomic mass is 32.2. The third-order valence-electron chi connectivity index (χ3n) is 24.6. The normalized spacial score (nSPS) is 54.3. The lowest BCUT2D eigenvalue weighted by Gasteiger charge is -2.52. The maximum absolute atomic E-state index is 3.43. The smallest absolute Gasteiger partial charge is 0.0123 e. The predicted molar refractivity (Wildman–Crippen MR) is 266 cm³/mol. The molecule has 11 aliphatic carbocycles. The highest BCUT2D eigenvalue weighted by Gasteiger charge is 2.60. The van der Waals surface area contributed by atoms with Crippen molar-refractivity contribution >= 4 is 23.5 Å². The molecule has 0 bridgehead atoms. The second-order valence-electron chi connectivity index (χ2n) is 26.7. The van der Waals surface area contributed by atoms with Gasteiger partial charge in [0.15, 0.2) is 0 Å². The van der Waals surface area contributed by atoms with Crippen molar-refractivity contribution in [1.82, 2.24) is 4.90 Å². The van der Waals surface area contributed by atoms with Crippen LogP contribution < -0.4 is 0 Å². The van der Waals surface area contributed by atoms with Gasteiger partial charge in [0, 0.05) is 39.1 Å². The van der Waals surface area contributed by atoms with Crippen molar-refractivity contribution in [2.45, 2.75) is 270 Å². The van der Waals surface area contributed by atoms with E-state index < -0.39 is 0 Å². The van der Waals surface area contributed by atoms with Gasteiger partial charge in [0.1, 0.15) is 0 Å². The third kappa shape index (κ3) is 7.87. The molecule has 2 aliphatic heterocycles. The SMILES string of the molecule is C1CCC(C2CCC(N(C3CCC(C4CCCC5CCCCC54)CC3)C3CCC4C(CC5CC(C6CCCC7C8CCC9SC%10CCCCC%10C9C8SC67)CCC54)C3)CC2)CC1. The molecule has 3 heteroatoms. The second kappa shape index (κ2) is 18.5. The minimum Gasteiger partial charge on any atom is -0.294 e. The summed E-state index contributed by atoms with van der Waals surface area (Å²) < 4.78 is 0. The largest absolute Gasteiger partial charge is 0.294 e. The Labute approximate surface area is 391 Å². The van der Waals surface area contributed by atoms with E-state index in [1.807, 2.05) is 0 Å². The number of hydrogen-bond donors (Lipinski definition) is 0. The van der Waals surface area contributed by atoms with E-state index >= 15 is 0 Å². The van der Waals surface area contributed by atoms with Gasteiger partial charge in [-0.2, -0.15) is 23.5 Å². The minimum atomic E-state index is 0.928. The average molecular weight is 883 g/mol. The molecule has 2 saturated heterocycles. The van der Waals surface area contributed by atoms with Crippen LogP contribution in [0.5, 0.6) is 0 Å². The van der Waals surface area contributed by atoms with Gasteiger partial charge in [-0.25, -0.2) is 0 Å². The Hall–Kier alpha value is 0.660. The van der Waals surface area contributed by atoms with E-state index in [0.29, 0.717) is 0 Å². The summed E-state index contributed by atoms with van der Waals surface area (Å²) in [5.41, 5.74) is 0. The topological polar surface area (TPSA) is 3.24 Å². The molecule has 0 aromatic carbocycles. The van der Waals surface area contributed by atoms with Crippen LogP contribution in [0.2, 0.25) is 0 Å². The van der Waals surface area contributed by atoms with Crippen molar-refractivity contribution in [3.8, 4) is 0 Å². The molecule has 18 atom stereocenters. The Bertz CT molecular complexity index is 1490. The zero-order chi connectivity index (χ0) is 40.7. The van der Waals surface area contributed by atoms with Crippen LogP contribution in [-0.2, 0) is 0 Å². The number of rotatable bonds is 6. The van der Waals surface area contributed by atoms with Gasteiger partial charge in [-0.05, 0) is 242 Å². The van der Waals surface area contributed by atoms with E-state index in [-0.39, 0.29) is 0 Å². The van der Waals surface area contributed by atoms with Gasteiger partial charge in [-0.15, -0.1) is 0 Å². The van der Waals surface area contributed by atoms with Crippen LogP contribution in [0.15, 0.2) is 0 Å². The lowest BCUT2D eigenvalue weighted by atomic mass is 9.59. The molecule has 13 aliphatic rings. The highest BCUT2D eigenvalue weighted by Crippen LogP contribution is 2.67. The van der Waals surface area contributed by atoms with Gasteiger partial charge < -0.3 is 0 Å². The van der Waals surface area contributed by atoms with Crippen LogP contribution in [0.1, 0.15) is 231 Å². The number of nitrogens with zero attached hydrogens (tertiary/aromatic N) is 1. The van der Waals surface area contributed by atoms with Crippen LogP contribution >= 0.6 is 23.5 Å². The monoisotopic (exact) mass is 882 g/mol. The van der Waals surface area contributed by atoms with E-state index in [9.17, 15) is 0 Å². The van der Waals surface area contributed by atoms with Crippen LogP contribution in [-0.4, -0.2) is 44.0 Å². The molecule has 11 saturated carbocycles. The van der Waals surface area contributed by atoms with Crippen LogP contribution in [0.3, 0.4) is 0 Å². The molecule has 2 heterocycles. The van der Waals surface area contributed by atoms with Gasteiger partial charge in [-0.3, -0.25) is 4.90 Å². The molecule has 1 nitrogen and oxygen atoms in total. The van der Waals surface area contributed by atoms with Crippen molar-refractivity contribution in [2.24, 2.45) is 94.7 Å². The fourth-order valence-corrected chi connectivity index (χ4v) is 26.9. The average Bonchev–Trinajstić information content (AvgIpc) is 4.03. The summed E-state index contributed by atoms with van der Waals surface area (Å²) in [6.45, 7) is 0. The highest BCUT2D eigenvalue weighted by molar-refractivity contribution is 8.02. The molecule has 13 rings (SSSR count). The van der Waals surface area contributed by atoms with Crippen molar-refractivity contribution in [3.63, 3.8) is 0 Å². The predicted octanol–water partition coefficient (Wildman–Crippen LogP) is 16.4. The first-order valence-corrected chi connectivity index (χ1v) is 31.7. The molecule has 0 spiro atoms. The van der Waals surface area contributed by atoms with Crippen molar-refractivity contribution in [1.29, 1.82) is 0 Å². The summed E-state index contributed by atoms with van der Waals surface area (Å²) in [4.78, 5) is 3.43. The Morgan fingerprint density at radius 2 is 0.726 bits per heavy atom. The minimum absolute atomic E-state index is 0.928. The molecule has 13 fully saturated rings. The number of fused-ring (bicyclic) bond motifs is 11. The van der Waals surface area contributed by atoms with Crippen LogP contribution in [0.4, 0.5) is 0 Å². The van der Waals surface area contributed by atoms with E-state index in [2.05, 4.69) is 28.4 Å². The summed E-state index contributed by atoms with van der Waals surface area (Å²) in [6.07, 6.45) is 57.1. The van der Waals surface area contributed by atoms with E-state index in [1.165, 1.54) is 12.8 Å². The van der Waals surface area contributed by atoms with Crippen molar-refractivity contribution in [3.05, 3.63) is 0 Å². The standard InChI is InChI=1S/C59H95NS2/c1-2-10-37(11-3-1)38-20-25-44(26-21-38)60(45-27-22-40(23-28-45)48-16-8-13-39-12-4-5-14-47(39)48)46-29-31-50-43(36-46)35-42-34-41(24-30-49(42)50)51-17-9-18-52-53-32-33-56-57(59(53)62-58(51)52)54-15-6-7-19-55(54)61-56/h37-59H,1-36H2. The molecule has 0 radical (unpaired) electrons. The summed E-state index contributed by atoms with van der Waals surface area (Å²) in [7, 11) is 0. The van der Waals surface area contributed by atoms with Gasteiger partial charge in [0.25, 0.3) is 0 Å². The Morgan fingerprint density at radius 3 is 1.55 bits per heavy atom. The quantitative estimate of drug-likeness (QED) is 0.262. The molecule has 62 heavy (non-hydrogen) atoms. The molecule has 0 aromatic heterocycles. The lowest BCUT2D eigenvalue weighted by Crippen LogP contribution is -2.54. The molecule has 348 valence electrons. The van der Waals surface area contributed by atoms with Gasteiger partial charge in [0.2, 0.25) is 0 Å². The molecule has 0 aromatic rings. The molecule has 18 unspecified atom stereocenters. The zero-order valence-electron chi connectivity index (χ0n) is 40.0. The summed E-state index contributed by atoms with van der Waals surface area (Å²) in [5, 5.41) is 4.21. The van der Waals surface area contributed by atoms with Gasteiger partial charge in [0.05, 0.1) is 0 Å². The Balaban J connectivity index is 0.676. The number of thioether (sulfide) groups is 2. The first-order chi connectivity index (χ1) is 30.7. The van der Waals surface area contributed by atoms with Crippen LogP contribution in [0.25, 0.3) is 0 Å². The van der Waals surface area contributed by atoms with E-state index in [0.717, 1.165) is 134 Å². The number of hydrogen-bond acceptors (Lipinski definition) is 3. The van der Waals surface area contributed by atoms with E-state index in [4.69, 9.17) is 0 Å². The molecule has 0 amide bonds. The fourth-order valence-electron chi connectivity index (χ4n) is 22.2. The van der Waals surface area contributed by atoms with Crippen molar-refractivity contribution < 1.29 is 0 Å². The van der Waals surface area contributed by atoms with Gasteiger partial charge >= 0.3 is 0 Å². The third-order valence-corrected chi connectivity index (χ3v) is 28.4. The lowest BCUT2D eigenvalue weighted by molar-refractivity contribution is -0.0249. The maximum atomic E-state index is 3.43. The maximum Gasteiger partial charge on any atom is 0.0123 e. The Morgan fingerprint density at radius 1 is 0.242 bits per heavy atom. The molecular formula is C59H95NS2. The fraction of sp³-hybridized carbons (Fsp3) is 1.00. The Kier molecular flexibility index (Phi) is 12.8. The molecular weight excluding hydrogens is 787 g/mol. The summed E-state index contributed by atoms with van der Waals surface area (Å²) in [5.74, 6) is 17.6. The van der Waals surface area contributed by atoms with E-state index in [1.54, 1.807) is 218 Å². The first-order valence-electron chi connectivity index (χ1n) is 29.8. The second-order valence-corrected chi connectivity index (χ2v) is 29.6.